The van der Waals surface area contributed by atoms with Crippen LogP contribution in [0.15, 0.2) is 24.3 Å². The summed E-state index contributed by atoms with van der Waals surface area (Å²) in [4.78, 5) is 11.7. The van der Waals surface area contributed by atoms with Gasteiger partial charge in [-0.15, -0.1) is 11.6 Å². The Kier molecular flexibility index (Phi) is 3.83. The number of carbonyl (C=O) groups excluding carboxylic acids is 1. The van der Waals surface area contributed by atoms with E-state index in [0.29, 0.717) is 17.4 Å². The van der Waals surface area contributed by atoms with Gasteiger partial charge < -0.3 is 5.32 Å². The lowest BCUT2D eigenvalue weighted by atomic mass is 9.85. The summed E-state index contributed by atoms with van der Waals surface area (Å²) in [6.07, 6.45) is 3.82. The maximum absolute atomic E-state index is 11.7. The van der Waals surface area contributed by atoms with E-state index >= 15 is 0 Å². The zero-order valence-electron chi connectivity index (χ0n) is 9.21. The lowest BCUT2D eigenvalue weighted by Gasteiger charge is -2.25. The molecule has 1 aliphatic carbocycles. The van der Waals surface area contributed by atoms with Crippen molar-refractivity contribution in [1.29, 1.82) is 0 Å². The third-order valence-electron chi connectivity index (χ3n) is 3.15. The first-order valence-corrected chi connectivity index (χ1v) is 6.26. The standard InChI is InChI=1S/C13H16ClNO/c14-8-10-4-6-12(7-5-10)13(16)15-9-11-2-1-3-11/h4-7,11H,1-3,8-9H2,(H,15,16). The fourth-order valence-corrected chi connectivity index (χ4v) is 1.96. The number of halogens is 1. The minimum atomic E-state index is 0.0213. The molecule has 2 nitrogen and oxygen atoms in total. The van der Waals surface area contributed by atoms with Crippen LogP contribution < -0.4 is 5.32 Å². The Morgan fingerprint density at radius 2 is 2.00 bits per heavy atom. The van der Waals surface area contributed by atoms with Crippen molar-refractivity contribution in [3.63, 3.8) is 0 Å². The van der Waals surface area contributed by atoms with Crippen LogP contribution in [0.2, 0.25) is 0 Å². The van der Waals surface area contributed by atoms with Crippen LogP contribution in [0.5, 0.6) is 0 Å². The Bertz CT molecular complexity index is 357. The molecule has 0 bridgehead atoms. The van der Waals surface area contributed by atoms with Gasteiger partial charge in [0.1, 0.15) is 0 Å². The number of benzene rings is 1. The van der Waals surface area contributed by atoms with E-state index in [1.165, 1.54) is 19.3 Å². The summed E-state index contributed by atoms with van der Waals surface area (Å²) in [6.45, 7) is 0.816. The number of nitrogens with one attached hydrogen (secondary N) is 1. The molecule has 1 aromatic rings. The summed E-state index contributed by atoms with van der Waals surface area (Å²) >= 11 is 5.69. The monoisotopic (exact) mass is 237 g/mol. The third-order valence-corrected chi connectivity index (χ3v) is 3.46. The number of carbonyl (C=O) groups is 1. The molecular formula is C13H16ClNO. The second-order valence-corrected chi connectivity index (χ2v) is 4.60. The van der Waals surface area contributed by atoms with Crippen LogP contribution in [0.4, 0.5) is 0 Å². The van der Waals surface area contributed by atoms with E-state index < -0.39 is 0 Å². The molecule has 16 heavy (non-hydrogen) atoms. The highest BCUT2D eigenvalue weighted by atomic mass is 35.5. The zero-order chi connectivity index (χ0) is 11.4. The second-order valence-electron chi connectivity index (χ2n) is 4.34. The molecule has 0 aliphatic heterocycles. The highest BCUT2D eigenvalue weighted by Gasteiger charge is 2.18. The van der Waals surface area contributed by atoms with Crippen molar-refractivity contribution in [3.05, 3.63) is 35.4 Å². The molecule has 0 radical (unpaired) electrons. The molecule has 0 unspecified atom stereocenters. The van der Waals surface area contributed by atoms with Crippen LogP contribution >= 0.6 is 11.6 Å². The largest absolute Gasteiger partial charge is 0.352 e. The quantitative estimate of drug-likeness (QED) is 0.802. The highest BCUT2D eigenvalue weighted by molar-refractivity contribution is 6.17. The van der Waals surface area contributed by atoms with Gasteiger partial charge in [0, 0.05) is 18.0 Å². The third kappa shape index (κ3) is 2.76. The SMILES string of the molecule is O=C(NCC1CCC1)c1ccc(CCl)cc1. The molecule has 0 heterocycles. The minimum absolute atomic E-state index is 0.0213. The lowest BCUT2D eigenvalue weighted by Crippen LogP contribution is -2.32. The first-order chi connectivity index (χ1) is 7.79. The Balaban J connectivity index is 1.86. The van der Waals surface area contributed by atoms with Gasteiger partial charge in [0.2, 0.25) is 0 Å². The van der Waals surface area contributed by atoms with Crippen LogP contribution in [0, 0.1) is 5.92 Å². The first kappa shape index (κ1) is 11.5. The van der Waals surface area contributed by atoms with Crippen molar-refractivity contribution in [3.8, 4) is 0 Å². The average molecular weight is 238 g/mol. The van der Waals surface area contributed by atoms with Crippen molar-refractivity contribution in [2.45, 2.75) is 25.1 Å². The van der Waals surface area contributed by atoms with Gasteiger partial charge in [0.25, 0.3) is 5.91 Å². The van der Waals surface area contributed by atoms with E-state index in [0.717, 1.165) is 12.1 Å². The first-order valence-electron chi connectivity index (χ1n) is 5.72. The molecule has 1 aliphatic rings. The predicted octanol–water partition coefficient (Wildman–Crippen LogP) is 2.96. The maximum atomic E-state index is 11.7. The van der Waals surface area contributed by atoms with Crippen LogP contribution in [-0.4, -0.2) is 12.5 Å². The number of amides is 1. The van der Waals surface area contributed by atoms with Gasteiger partial charge in [-0.05, 0) is 36.5 Å². The number of rotatable bonds is 4. The average Bonchev–Trinajstić information content (AvgIpc) is 2.27. The topological polar surface area (TPSA) is 29.1 Å². The summed E-state index contributed by atoms with van der Waals surface area (Å²) in [5, 5.41) is 2.97. The minimum Gasteiger partial charge on any atom is -0.352 e. The molecule has 1 aromatic carbocycles. The lowest BCUT2D eigenvalue weighted by molar-refractivity contribution is 0.0939. The van der Waals surface area contributed by atoms with E-state index in [-0.39, 0.29) is 5.91 Å². The van der Waals surface area contributed by atoms with Gasteiger partial charge in [0.15, 0.2) is 0 Å². The molecule has 0 spiro atoms. The molecule has 0 aromatic heterocycles. The van der Waals surface area contributed by atoms with E-state index in [1.54, 1.807) is 0 Å². The van der Waals surface area contributed by atoms with Gasteiger partial charge in [-0.2, -0.15) is 0 Å². The number of alkyl halides is 1. The van der Waals surface area contributed by atoms with Crippen LogP contribution in [0.25, 0.3) is 0 Å². The van der Waals surface area contributed by atoms with Crippen molar-refractivity contribution < 1.29 is 4.79 Å². The van der Waals surface area contributed by atoms with E-state index in [2.05, 4.69) is 5.32 Å². The summed E-state index contributed by atoms with van der Waals surface area (Å²) in [7, 11) is 0. The predicted molar refractivity (Wildman–Crippen MR) is 65.7 cm³/mol. The summed E-state index contributed by atoms with van der Waals surface area (Å²) in [5.41, 5.74) is 1.75. The Hall–Kier alpha value is -1.02. The summed E-state index contributed by atoms with van der Waals surface area (Å²) < 4.78 is 0. The molecule has 2 rings (SSSR count). The van der Waals surface area contributed by atoms with Gasteiger partial charge in [-0.3, -0.25) is 4.79 Å². The zero-order valence-corrected chi connectivity index (χ0v) is 9.96. The van der Waals surface area contributed by atoms with E-state index in [1.807, 2.05) is 24.3 Å². The highest BCUT2D eigenvalue weighted by Crippen LogP contribution is 2.25. The van der Waals surface area contributed by atoms with Crippen molar-refractivity contribution >= 4 is 17.5 Å². The fraction of sp³-hybridized carbons (Fsp3) is 0.462. The molecule has 0 saturated heterocycles. The molecule has 1 amide bonds. The molecule has 1 fully saturated rings. The van der Waals surface area contributed by atoms with Gasteiger partial charge >= 0.3 is 0 Å². The van der Waals surface area contributed by atoms with Crippen LogP contribution in [0.3, 0.4) is 0 Å². The van der Waals surface area contributed by atoms with Crippen LogP contribution in [-0.2, 0) is 5.88 Å². The molecule has 86 valence electrons. The molecule has 1 saturated carbocycles. The molecule has 1 N–H and O–H groups in total. The maximum Gasteiger partial charge on any atom is 0.251 e. The van der Waals surface area contributed by atoms with E-state index in [9.17, 15) is 4.79 Å². The summed E-state index contributed by atoms with van der Waals surface area (Å²) in [6, 6.07) is 7.44. The number of hydrogen-bond donors (Lipinski definition) is 1. The molecular weight excluding hydrogens is 222 g/mol. The molecule has 3 heteroatoms. The Morgan fingerprint density at radius 1 is 1.31 bits per heavy atom. The van der Waals surface area contributed by atoms with Gasteiger partial charge in [-0.1, -0.05) is 18.6 Å². The Labute approximate surface area is 101 Å². The normalized spacial score (nSPS) is 15.6. The number of hydrogen-bond acceptors (Lipinski definition) is 1. The fourth-order valence-electron chi connectivity index (χ4n) is 1.78. The molecule has 0 atom stereocenters. The van der Waals surface area contributed by atoms with Crippen LogP contribution in [0.1, 0.15) is 35.2 Å². The van der Waals surface area contributed by atoms with Crippen molar-refractivity contribution in [2.75, 3.05) is 6.54 Å². The van der Waals surface area contributed by atoms with Gasteiger partial charge in [-0.25, -0.2) is 0 Å². The second kappa shape index (κ2) is 5.35. The Morgan fingerprint density at radius 3 is 2.50 bits per heavy atom. The van der Waals surface area contributed by atoms with E-state index in [4.69, 9.17) is 11.6 Å². The van der Waals surface area contributed by atoms with Crippen molar-refractivity contribution in [2.24, 2.45) is 5.92 Å². The van der Waals surface area contributed by atoms with Crippen molar-refractivity contribution in [1.82, 2.24) is 5.32 Å². The smallest absolute Gasteiger partial charge is 0.251 e. The summed E-state index contributed by atoms with van der Waals surface area (Å²) in [5.74, 6) is 1.21. The van der Waals surface area contributed by atoms with Gasteiger partial charge in [0.05, 0.1) is 0 Å².